The van der Waals surface area contributed by atoms with Crippen molar-refractivity contribution in [3.05, 3.63) is 35.1 Å². The van der Waals surface area contributed by atoms with E-state index in [1.807, 2.05) is 6.07 Å². The number of nitrogens with one attached hydrogen (secondary N) is 1. The molecule has 0 fully saturated rings. The highest BCUT2D eigenvalue weighted by atomic mass is 19.1. The summed E-state index contributed by atoms with van der Waals surface area (Å²) >= 11 is 0. The highest BCUT2D eigenvalue weighted by Crippen LogP contribution is 2.17. The third kappa shape index (κ3) is 4.97. The zero-order chi connectivity index (χ0) is 12.9. The number of nitriles is 1. The molecule has 0 aromatic heterocycles. The summed E-state index contributed by atoms with van der Waals surface area (Å²) in [5.41, 5.74) is 1.37. The number of benzene rings is 1. The first-order valence-electron chi connectivity index (χ1n) is 5.81. The van der Waals surface area contributed by atoms with E-state index in [0.717, 1.165) is 18.5 Å². The molecule has 0 saturated carbocycles. The summed E-state index contributed by atoms with van der Waals surface area (Å²) in [6.07, 6.45) is 1.08. The average Bonchev–Trinajstić information content (AvgIpc) is 2.25. The largest absolute Gasteiger partial charge is 0.313 e. The maximum Gasteiger partial charge on any atom is 0.140 e. The van der Waals surface area contributed by atoms with Crippen molar-refractivity contribution >= 4 is 0 Å². The van der Waals surface area contributed by atoms with Gasteiger partial charge in [-0.25, -0.2) is 4.39 Å². The summed E-state index contributed by atoms with van der Waals surface area (Å²) in [4.78, 5) is 0. The van der Waals surface area contributed by atoms with Gasteiger partial charge < -0.3 is 5.32 Å². The number of hydrogen-bond donors (Lipinski definition) is 1. The molecule has 0 spiro atoms. The molecule has 1 N–H and O–H groups in total. The molecule has 1 rings (SSSR count). The third-order valence-electron chi connectivity index (χ3n) is 2.53. The molecule has 0 amide bonds. The first-order chi connectivity index (χ1) is 7.92. The van der Waals surface area contributed by atoms with Crippen molar-refractivity contribution in [2.45, 2.75) is 33.7 Å². The van der Waals surface area contributed by atoms with Crippen LogP contribution in [-0.2, 0) is 6.54 Å². The lowest BCUT2D eigenvalue weighted by Gasteiger charge is -2.18. The summed E-state index contributed by atoms with van der Waals surface area (Å²) in [5.74, 6) is -0.453. The first kappa shape index (κ1) is 13.7. The van der Waals surface area contributed by atoms with Crippen molar-refractivity contribution in [3.8, 4) is 6.07 Å². The zero-order valence-electron chi connectivity index (χ0n) is 10.7. The van der Waals surface area contributed by atoms with Crippen LogP contribution in [0, 0.1) is 22.6 Å². The third-order valence-corrected chi connectivity index (χ3v) is 2.53. The van der Waals surface area contributed by atoms with Crippen molar-refractivity contribution < 1.29 is 4.39 Å². The zero-order valence-corrected chi connectivity index (χ0v) is 10.7. The minimum atomic E-state index is -0.453. The van der Waals surface area contributed by atoms with E-state index in [-0.39, 0.29) is 5.56 Å². The Kier molecular flexibility index (Phi) is 4.65. The summed E-state index contributed by atoms with van der Waals surface area (Å²) in [5, 5.41) is 12.0. The van der Waals surface area contributed by atoms with Crippen molar-refractivity contribution in [3.63, 3.8) is 0 Å². The molecule has 1 aromatic carbocycles. The summed E-state index contributed by atoms with van der Waals surface area (Å²) in [7, 11) is 0. The standard InChI is InChI=1S/C14H19FN2/c1-14(2,3)6-7-17-10-11-4-5-13(15)12(8-11)9-16/h4-5,8,17H,6-7,10H2,1-3H3. The average molecular weight is 234 g/mol. The molecule has 0 aliphatic rings. The predicted molar refractivity (Wildman–Crippen MR) is 66.9 cm³/mol. The smallest absolute Gasteiger partial charge is 0.140 e. The fourth-order valence-corrected chi connectivity index (χ4v) is 1.46. The van der Waals surface area contributed by atoms with Gasteiger partial charge in [-0.2, -0.15) is 5.26 Å². The van der Waals surface area contributed by atoms with E-state index in [4.69, 9.17) is 5.26 Å². The van der Waals surface area contributed by atoms with E-state index >= 15 is 0 Å². The molecule has 3 heteroatoms. The van der Waals surface area contributed by atoms with E-state index in [0.29, 0.717) is 12.0 Å². The molecule has 0 aliphatic carbocycles. The van der Waals surface area contributed by atoms with Gasteiger partial charge in [0.1, 0.15) is 11.9 Å². The molecular formula is C14H19FN2. The highest BCUT2D eigenvalue weighted by Gasteiger charge is 2.09. The topological polar surface area (TPSA) is 35.8 Å². The van der Waals surface area contributed by atoms with E-state index in [1.54, 1.807) is 12.1 Å². The summed E-state index contributed by atoms with van der Waals surface area (Å²) in [6, 6.07) is 6.50. The van der Waals surface area contributed by atoms with Crippen LogP contribution >= 0.6 is 0 Å². The van der Waals surface area contributed by atoms with E-state index in [9.17, 15) is 4.39 Å². The molecule has 2 nitrogen and oxygen atoms in total. The van der Waals surface area contributed by atoms with Crippen LogP contribution < -0.4 is 5.32 Å². The lowest BCUT2D eigenvalue weighted by atomic mass is 9.92. The lowest BCUT2D eigenvalue weighted by molar-refractivity contribution is 0.366. The molecule has 0 bridgehead atoms. The van der Waals surface area contributed by atoms with Crippen LogP contribution in [0.15, 0.2) is 18.2 Å². The summed E-state index contributed by atoms with van der Waals surface area (Å²) < 4.78 is 13.1. The Morgan fingerprint density at radius 3 is 2.65 bits per heavy atom. The van der Waals surface area contributed by atoms with Crippen molar-refractivity contribution in [1.82, 2.24) is 5.32 Å². The molecule has 92 valence electrons. The van der Waals surface area contributed by atoms with E-state index in [2.05, 4.69) is 26.1 Å². The van der Waals surface area contributed by atoms with Crippen LogP contribution in [0.2, 0.25) is 0 Å². The number of nitrogens with zero attached hydrogens (tertiary/aromatic N) is 1. The molecule has 0 heterocycles. The van der Waals surface area contributed by atoms with Crippen LogP contribution in [0.3, 0.4) is 0 Å². The van der Waals surface area contributed by atoms with Crippen LogP contribution in [-0.4, -0.2) is 6.54 Å². The fraction of sp³-hybridized carbons (Fsp3) is 0.500. The summed E-state index contributed by atoms with van der Waals surface area (Å²) in [6.45, 7) is 8.18. The molecular weight excluding hydrogens is 215 g/mol. The minimum absolute atomic E-state index is 0.111. The molecule has 0 saturated heterocycles. The Hall–Kier alpha value is -1.40. The first-order valence-corrected chi connectivity index (χ1v) is 5.81. The Morgan fingerprint density at radius 2 is 2.06 bits per heavy atom. The van der Waals surface area contributed by atoms with Gasteiger partial charge in [0.25, 0.3) is 0 Å². The van der Waals surface area contributed by atoms with Crippen LogP contribution in [0.25, 0.3) is 0 Å². The second kappa shape index (κ2) is 5.79. The van der Waals surface area contributed by atoms with Crippen LogP contribution in [0.1, 0.15) is 38.3 Å². The van der Waals surface area contributed by atoms with Gasteiger partial charge >= 0.3 is 0 Å². The molecule has 0 unspecified atom stereocenters. The van der Waals surface area contributed by atoms with E-state index < -0.39 is 5.82 Å². The maximum absolute atomic E-state index is 13.1. The Balaban J connectivity index is 2.45. The van der Waals surface area contributed by atoms with Crippen molar-refractivity contribution in [2.24, 2.45) is 5.41 Å². The van der Waals surface area contributed by atoms with Gasteiger partial charge in [0.05, 0.1) is 5.56 Å². The monoisotopic (exact) mass is 234 g/mol. The van der Waals surface area contributed by atoms with Gasteiger partial charge in [0.2, 0.25) is 0 Å². The van der Waals surface area contributed by atoms with Crippen molar-refractivity contribution in [2.75, 3.05) is 6.54 Å². The molecule has 0 atom stereocenters. The maximum atomic E-state index is 13.1. The SMILES string of the molecule is CC(C)(C)CCNCc1ccc(F)c(C#N)c1. The highest BCUT2D eigenvalue weighted by molar-refractivity contribution is 5.34. The number of hydrogen-bond acceptors (Lipinski definition) is 2. The van der Waals surface area contributed by atoms with Crippen LogP contribution in [0.4, 0.5) is 4.39 Å². The van der Waals surface area contributed by atoms with Gasteiger partial charge in [-0.15, -0.1) is 0 Å². The van der Waals surface area contributed by atoms with Gasteiger partial charge in [-0.1, -0.05) is 26.8 Å². The molecule has 0 radical (unpaired) electrons. The lowest BCUT2D eigenvalue weighted by Crippen LogP contribution is -2.20. The van der Waals surface area contributed by atoms with Gasteiger partial charge in [0.15, 0.2) is 0 Å². The fourth-order valence-electron chi connectivity index (χ4n) is 1.46. The van der Waals surface area contributed by atoms with E-state index in [1.165, 1.54) is 6.07 Å². The van der Waals surface area contributed by atoms with Gasteiger partial charge in [-0.3, -0.25) is 0 Å². The Morgan fingerprint density at radius 1 is 1.35 bits per heavy atom. The Labute approximate surface area is 102 Å². The predicted octanol–water partition coefficient (Wildman–Crippen LogP) is 3.22. The van der Waals surface area contributed by atoms with Crippen molar-refractivity contribution in [1.29, 1.82) is 5.26 Å². The molecule has 0 aliphatic heterocycles. The minimum Gasteiger partial charge on any atom is -0.313 e. The van der Waals surface area contributed by atoms with Gasteiger partial charge in [0, 0.05) is 6.54 Å². The second-order valence-electron chi connectivity index (χ2n) is 5.41. The Bertz CT molecular complexity index is 413. The second-order valence-corrected chi connectivity index (χ2v) is 5.41. The van der Waals surface area contributed by atoms with Gasteiger partial charge in [-0.05, 0) is 36.1 Å². The molecule has 17 heavy (non-hydrogen) atoms. The number of rotatable bonds is 4. The number of halogens is 1. The molecule has 1 aromatic rings. The quantitative estimate of drug-likeness (QED) is 0.812. The normalized spacial score (nSPS) is 11.2. The van der Waals surface area contributed by atoms with Crippen LogP contribution in [0.5, 0.6) is 0 Å².